The highest BCUT2D eigenvalue weighted by Crippen LogP contribution is 2.17. The highest BCUT2D eigenvalue weighted by molar-refractivity contribution is 6.09. The zero-order valence-corrected chi connectivity index (χ0v) is 12.2. The van der Waals surface area contributed by atoms with Gasteiger partial charge in [0.2, 0.25) is 5.76 Å². The molecular weight excluding hydrogens is 296 g/mol. The van der Waals surface area contributed by atoms with Gasteiger partial charge in [0.25, 0.3) is 0 Å². The minimum atomic E-state index is -0.633. The summed E-state index contributed by atoms with van der Waals surface area (Å²) in [6.45, 7) is 0.721. The molecule has 0 unspecified atom stereocenters. The van der Waals surface area contributed by atoms with E-state index in [1.54, 1.807) is 36.4 Å². The van der Waals surface area contributed by atoms with Crippen LogP contribution in [-0.4, -0.2) is 25.0 Å². The van der Waals surface area contributed by atoms with E-state index in [9.17, 15) is 9.59 Å². The quantitative estimate of drug-likeness (QED) is 0.493. The normalized spacial score (nSPS) is 13.3. The van der Waals surface area contributed by atoms with Crippen molar-refractivity contribution in [3.63, 3.8) is 0 Å². The van der Waals surface area contributed by atoms with Crippen LogP contribution in [0.1, 0.15) is 15.9 Å². The third kappa shape index (κ3) is 3.58. The largest absolute Gasteiger partial charge is 0.493 e. The monoisotopic (exact) mass is 310 g/mol. The lowest BCUT2D eigenvalue weighted by Crippen LogP contribution is -2.19. The molecule has 0 radical (unpaired) electrons. The molecule has 0 aromatic heterocycles. The third-order valence-electron chi connectivity index (χ3n) is 3.21. The molecule has 1 aliphatic rings. The standard InChI is InChI=1S/C18H14O5/c19-17(13-4-2-1-3-5-13)14-6-8-15(9-7-14)23-18(20)16-12-21-10-11-22-16/h1-9,12H,10-11H2. The fourth-order valence-corrected chi connectivity index (χ4v) is 2.06. The van der Waals surface area contributed by atoms with E-state index in [1.165, 1.54) is 6.26 Å². The first kappa shape index (κ1) is 14.8. The molecule has 3 rings (SSSR count). The number of benzene rings is 2. The van der Waals surface area contributed by atoms with Gasteiger partial charge in [0.05, 0.1) is 0 Å². The topological polar surface area (TPSA) is 61.8 Å². The summed E-state index contributed by atoms with van der Waals surface area (Å²) in [5, 5.41) is 0. The Bertz CT molecular complexity index is 732. The van der Waals surface area contributed by atoms with Crippen molar-refractivity contribution in [3.05, 3.63) is 77.7 Å². The summed E-state index contributed by atoms with van der Waals surface area (Å²) in [6, 6.07) is 15.3. The minimum Gasteiger partial charge on any atom is -0.493 e. The Kier molecular flexibility index (Phi) is 4.38. The minimum absolute atomic E-state index is 0.0284. The summed E-state index contributed by atoms with van der Waals surface area (Å²) < 4.78 is 15.3. The summed E-state index contributed by atoms with van der Waals surface area (Å²) in [4.78, 5) is 24.1. The van der Waals surface area contributed by atoms with E-state index in [1.807, 2.05) is 18.2 Å². The van der Waals surface area contributed by atoms with Crippen molar-refractivity contribution < 1.29 is 23.8 Å². The van der Waals surface area contributed by atoms with Crippen LogP contribution in [0, 0.1) is 0 Å². The van der Waals surface area contributed by atoms with E-state index < -0.39 is 5.97 Å². The summed E-state index contributed by atoms with van der Waals surface area (Å²) in [6.07, 6.45) is 1.24. The first-order valence-electron chi connectivity index (χ1n) is 7.10. The lowest BCUT2D eigenvalue weighted by molar-refractivity contribution is -0.135. The Morgan fingerprint density at radius 3 is 2.22 bits per heavy atom. The van der Waals surface area contributed by atoms with E-state index >= 15 is 0 Å². The summed E-state index contributed by atoms with van der Waals surface area (Å²) in [5.74, 6) is -0.364. The van der Waals surface area contributed by atoms with Gasteiger partial charge in [-0.3, -0.25) is 4.79 Å². The zero-order chi connectivity index (χ0) is 16.1. The number of esters is 1. The average Bonchev–Trinajstić information content (AvgIpc) is 2.63. The van der Waals surface area contributed by atoms with Crippen molar-refractivity contribution in [2.24, 2.45) is 0 Å². The molecular formula is C18H14O5. The Morgan fingerprint density at radius 1 is 0.870 bits per heavy atom. The Balaban J connectivity index is 1.69. The van der Waals surface area contributed by atoms with Crippen LogP contribution in [0.4, 0.5) is 0 Å². The molecule has 5 nitrogen and oxygen atoms in total. The fourth-order valence-electron chi connectivity index (χ4n) is 2.06. The van der Waals surface area contributed by atoms with Gasteiger partial charge in [0.1, 0.15) is 25.2 Å². The zero-order valence-electron chi connectivity index (χ0n) is 12.2. The second-order valence-corrected chi connectivity index (χ2v) is 4.81. The van der Waals surface area contributed by atoms with Crippen molar-refractivity contribution in [1.82, 2.24) is 0 Å². The molecule has 0 aliphatic carbocycles. The van der Waals surface area contributed by atoms with Gasteiger partial charge in [-0.15, -0.1) is 0 Å². The van der Waals surface area contributed by atoms with Crippen molar-refractivity contribution in [2.45, 2.75) is 0 Å². The molecule has 0 amide bonds. The molecule has 0 fully saturated rings. The molecule has 0 saturated heterocycles. The molecule has 1 aliphatic heterocycles. The van der Waals surface area contributed by atoms with Gasteiger partial charge in [-0.25, -0.2) is 4.79 Å². The number of hydrogen-bond donors (Lipinski definition) is 0. The van der Waals surface area contributed by atoms with E-state index in [0.29, 0.717) is 30.1 Å². The Hall–Kier alpha value is -3.08. The number of rotatable bonds is 4. The molecule has 2 aromatic carbocycles. The molecule has 0 bridgehead atoms. The van der Waals surface area contributed by atoms with Crippen molar-refractivity contribution in [3.8, 4) is 5.75 Å². The molecule has 0 N–H and O–H groups in total. The molecule has 5 heteroatoms. The predicted octanol–water partition coefficient (Wildman–Crippen LogP) is 2.71. The van der Waals surface area contributed by atoms with Crippen LogP contribution >= 0.6 is 0 Å². The molecule has 0 atom stereocenters. The second kappa shape index (κ2) is 6.79. The van der Waals surface area contributed by atoms with Gasteiger partial charge in [-0.1, -0.05) is 30.3 Å². The van der Waals surface area contributed by atoms with E-state index in [-0.39, 0.29) is 11.5 Å². The molecule has 23 heavy (non-hydrogen) atoms. The third-order valence-corrected chi connectivity index (χ3v) is 3.21. The fraction of sp³-hybridized carbons (Fsp3) is 0.111. The predicted molar refractivity (Wildman–Crippen MR) is 81.9 cm³/mol. The van der Waals surface area contributed by atoms with E-state index in [4.69, 9.17) is 14.2 Å². The lowest BCUT2D eigenvalue weighted by atomic mass is 10.0. The van der Waals surface area contributed by atoms with Crippen LogP contribution in [0.15, 0.2) is 66.6 Å². The molecule has 2 aromatic rings. The number of carbonyl (C=O) groups is 2. The van der Waals surface area contributed by atoms with Crippen LogP contribution in [0.5, 0.6) is 5.75 Å². The van der Waals surface area contributed by atoms with Crippen LogP contribution in [-0.2, 0) is 14.3 Å². The summed E-state index contributed by atoms with van der Waals surface area (Å²) in [7, 11) is 0. The van der Waals surface area contributed by atoms with Crippen LogP contribution < -0.4 is 4.74 Å². The first-order chi connectivity index (χ1) is 11.2. The molecule has 0 saturated carbocycles. The molecule has 1 heterocycles. The highest BCUT2D eigenvalue weighted by atomic mass is 16.6. The van der Waals surface area contributed by atoms with Gasteiger partial charge in [-0.2, -0.15) is 0 Å². The number of ether oxygens (including phenoxy) is 3. The van der Waals surface area contributed by atoms with Gasteiger partial charge < -0.3 is 14.2 Å². The maximum atomic E-state index is 12.3. The highest BCUT2D eigenvalue weighted by Gasteiger charge is 2.17. The van der Waals surface area contributed by atoms with Gasteiger partial charge in [0, 0.05) is 11.1 Å². The maximum Gasteiger partial charge on any atom is 0.382 e. The maximum absolute atomic E-state index is 12.3. The van der Waals surface area contributed by atoms with Crippen molar-refractivity contribution in [2.75, 3.05) is 13.2 Å². The number of ketones is 1. The molecule has 0 spiro atoms. The van der Waals surface area contributed by atoms with E-state index in [2.05, 4.69) is 0 Å². The van der Waals surface area contributed by atoms with Crippen LogP contribution in [0.25, 0.3) is 0 Å². The SMILES string of the molecule is O=C(Oc1ccc(C(=O)c2ccccc2)cc1)C1=COCCO1. The smallest absolute Gasteiger partial charge is 0.382 e. The number of carbonyl (C=O) groups excluding carboxylic acids is 2. The van der Waals surface area contributed by atoms with Gasteiger partial charge in [0.15, 0.2) is 5.78 Å². The average molecular weight is 310 g/mol. The second-order valence-electron chi connectivity index (χ2n) is 4.81. The van der Waals surface area contributed by atoms with Gasteiger partial charge in [-0.05, 0) is 24.3 Å². The van der Waals surface area contributed by atoms with Crippen LogP contribution in [0.2, 0.25) is 0 Å². The lowest BCUT2D eigenvalue weighted by Gasteiger charge is -2.14. The Morgan fingerprint density at radius 2 is 1.57 bits per heavy atom. The molecule has 116 valence electrons. The van der Waals surface area contributed by atoms with Gasteiger partial charge >= 0.3 is 5.97 Å². The summed E-state index contributed by atoms with van der Waals surface area (Å²) >= 11 is 0. The Labute approximate surface area is 133 Å². The first-order valence-corrected chi connectivity index (χ1v) is 7.10. The number of hydrogen-bond acceptors (Lipinski definition) is 5. The van der Waals surface area contributed by atoms with Crippen molar-refractivity contribution in [1.29, 1.82) is 0 Å². The van der Waals surface area contributed by atoms with Crippen LogP contribution in [0.3, 0.4) is 0 Å². The van der Waals surface area contributed by atoms with E-state index in [0.717, 1.165) is 0 Å². The van der Waals surface area contributed by atoms with Crippen molar-refractivity contribution >= 4 is 11.8 Å². The summed E-state index contributed by atoms with van der Waals surface area (Å²) in [5.41, 5.74) is 1.13.